The Morgan fingerprint density at radius 3 is 2.39 bits per heavy atom. The number of halogens is 3. The summed E-state index contributed by atoms with van der Waals surface area (Å²) in [6.45, 7) is 6.23. The molecule has 1 aliphatic heterocycles. The molecule has 1 saturated heterocycles. The van der Waals surface area contributed by atoms with E-state index in [1.807, 2.05) is 18.7 Å². The Bertz CT molecular complexity index is 1430. The number of para-hydroxylation sites is 1. The zero-order valence-electron chi connectivity index (χ0n) is 22.9. The van der Waals surface area contributed by atoms with Gasteiger partial charge in [-0.2, -0.15) is 18.3 Å². The molecule has 0 bridgehead atoms. The van der Waals surface area contributed by atoms with Crippen LogP contribution in [0, 0.1) is 5.92 Å². The lowest BCUT2D eigenvalue weighted by atomic mass is 9.95. The molecule has 218 valence electrons. The predicted molar refractivity (Wildman–Crippen MR) is 150 cm³/mol. The van der Waals surface area contributed by atoms with E-state index in [9.17, 15) is 27.6 Å². The van der Waals surface area contributed by atoms with Crippen molar-refractivity contribution in [2.75, 3.05) is 36.8 Å². The van der Waals surface area contributed by atoms with Crippen LogP contribution in [-0.2, 0) is 17.5 Å². The number of amides is 3. The number of urea groups is 1. The number of hydrogen-bond acceptors (Lipinski definition) is 5. The van der Waals surface area contributed by atoms with Gasteiger partial charge in [-0.15, -0.1) is 0 Å². The molecule has 2 N–H and O–H groups in total. The van der Waals surface area contributed by atoms with Crippen LogP contribution in [0.25, 0.3) is 0 Å². The summed E-state index contributed by atoms with van der Waals surface area (Å²) < 4.78 is 41.2. The van der Waals surface area contributed by atoms with Crippen molar-refractivity contribution < 1.29 is 22.8 Å². The Kier molecular flexibility index (Phi) is 9.31. The molecule has 1 aromatic heterocycles. The summed E-state index contributed by atoms with van der Waals surface area (Å²) in [5, 5.41) is 9.72. The molecule has 4 rings (SSSR count). The first-order valence-electron chi connectivity index (χ1n) is 13.5. The summed E-state index contributed by atoms with van der Waals surface area (Å²) in [6.07, 6.45) is -3.34. The molecule has 9 nitrogen and oxygen atoms in total. The van der Waals surface area contributed by atoms with Crippen molar-refractivity contribution in [2.45, 2.75) is 39.4 Å². The van der Waals surface area contributed by atoms with Gasteiger partial charge in [0, 0.05) is 43.9 Å². The topological polar surface area (TPSA) is 99.6 Å². The van der Waals surface area contributed by atoms with E-state index in [4.69, 9.17) is 0 Å². The highest BCUT2D eigenvalue weighted by molar-refractivity contribution is 5.89. The number of carbonyl (C=O) groups excluding carboxylic acids is 2. The second-order valence-electron chi connectivity index (χ2n) is 9.79. The number of piperidine rings is 1. The third kappa shape index (κ3) is 7.44. The molecule has 0 radical (unpaired) electrons. The van der Waals surface area contributed by atoms with Crippen LogP contribution in [0.5, 0.6) is 0 Å². The number of aromatic nitrogens is 2. The number of nitrogens with zero attached hydrogens (tertiary/aromatic N) is 4. The van der Waals surface area contributed by atoms with E-state index >= 15 is 0 Å². The van der Waals surface area contributed by atoms with Gasteiger partial charge in [0.2, 0.25) is 5.91 Å². The number of nitrogens with one attached hydrogen (secondary N) is 2. The van der Waals surface area contributed by atoms with Crippen LogP contribution in [0.4, 0.5) is 35.2 Å². The van der Waals surface area contributed by atoms with E-state index in [1.165, 1.54) is 30.3 Å². The third-order valence-electron chi connectivity index (χ3n) is 7.08. The zero-order chi connectivity index (χ0) is 29.6. The van der Waals surface area contributed by atoms with Crippen LogP contribution in [0.15, 0.2) is 65.5 Å². The number of anilines is 3. The van der Waals surface area contributed by atoms with Crippen LogP contribution < -0.4 is 16.2 Å². The average molecular weight is 571 g/mol. The second-order valence-corrected chi connectivity index (χ2v) is 9.79. The quantitative estimate of drug-likeness (QED) is 0.390. The lowest BCUT2D eigenvalue weighted by Gasteiger charge is -2.33. The minimum absolute atomic E-state index is 0.0395. The third-order valence-corrected chi connectivity index (χ3v) is 7.08. The Morgan fingerprint density at radius 2 is 1.71 bits per heavy atom. The van der Waals surface area contributed by atoms with E-state index in [-0.39, 0.29) is 35.9 Å². The van der Waals surface area contributed by atoms with E-state index < -0.39 is 17.3 Å². The van der Waals surface area contributed by atoms with Crippen molar-refractivity contribution in [3.05, 3.63) is 82.1 Å². The first-order chi connectivity index (χ1) is 19.6. The van der Waals surface area contributed by atoms with Gasteiger partial charge in [-0.1, -0.05) is 24.3 Å². The molecule has 0 aliphatic carbocycles. The Balaban J connectivity index is 1.40. The number of hydrogen-bond donors (Lipinski definition) is 2. The SMILES string of the molecule is CCN(CC)C(=O)C1CCN(C(=O)Nc2cccc(Cn3nc(Nc4ccccc4C(F)(F)F)ccc3=O)c2)CC1. The smallest absolute Gasteiger partial charge is 0.343 e. The molecule has 0 spiro atoms. The van der Waals surface area contributed by atoms with E-state index in [0.29, 0.717) is 50.3 Å². The summed E-state index contributed by atoms with van der Waals surface area (Å²) in [5.74, 6) is 0.129. The predicted octanol–water partition coefficient (Wildman–Crippen LogP) is 5.17. The van der Waals surface area contributed by atoms with Crippen molar-refractivity contribution in [3.63, 3.8) is 0 Å². The number of benzene rings is 2. The fourth-order valence-corrected chi connectivity index (χ4v) is 4.85. The lowest BCUT2D eigenvalue weighted by molar-refractivity contribution is -0.137. The monoisotopic (exact) mass is 570 g/mol. The van der Waals surface area contributed by atoms with Crippen LogP contribution in [0.3, 0.4) is 0 Å². The Morgan fingerprint density at radius 1 is 1.00 bits per heavy atom. The Labute approximate surface area is 236 Å². The van der Waals surface area contributed by atoms with Gasteiger partial charge in [0.15, 0.2) is 5.82 Å². The highest BCUT2D eigenvalue weighted by Crippen LogP contribution is 2.35. The molecule has 0 atom stereocenters. The fourth-order valence-electron chi connectivity index (χ4n) is 4.85. The van der Waals surface area contributed by atoms with Crippen LogP contribution >= 0.6 is 0 Å². The van der Waals surface area contributed by atoms with Gasteiger partial charge in [0.25, 0.3) is 5.56 Å². The highest BCUT2D eigenvalue weighted by Gasteiger charge is 2.33. The summed E-state index contributed by atoms with van der Waals surface area (Å²) in [7, 11) is 0. The molecule has 3 amide bonds. The van der Waals surface area contributed by atoms with E-state index in [1.54, 1.807) is 29.2 Å². The van der Waals surface area contributed by atoms with Gasteiger partial charge in [0.05, 0.1) is 17.8 Å². The zero-order valence-corrected chi connectivity index (χ0v) is 22.9. The van der Waals surface area contributed by atoms with Crippen molar-refractivity contribution in [2.24, 2.45) is 5.92 Å². The molecule has 2 heterocycles. The molecule has 0 unspecified atom stereocenters. The maximum atomic E-state index is 13.4. The van der Waals surface area contributed by atoms with Gasteiger partial charge in [-0.25, -0.2) is 9.48 Å². The summed E-state index contributed by atoms with van der Waals surface area (Å²) in [5.41, 5.74) is -0.271. The molecular weight excluding hydrogens is 537 g/mol. The van der Waals surface area contributed by atoms with Gasteiger partial charge in [-0.05, 0) is 62.6 Å². The summed E-state index contributed by atoms with van der Waals surface area (Å²) >= 11 is 0. The fraction of sp³-hybridized carbons (Fsp3) is 0.379. The number of likely N-dealkylation sites (tertiary alicyclic amines) is 1. The molecule has 12 heteroatoms. The average Bonchev–Trinajstić information content (AvgIpc) is 2.95. The normalized spacial score (nSPS) is 14.0. The second kappa shape index (κ2) is 12.9. The first kappa shape index (κ1) is 29.6. The minimum Gasteiger partial charge on any atom is -0.343 e. The van der Waals surface area contributed by atoms with Gasteiger partial charge in [-0.3, -0.25) is 9.59 Å². The van der Waals surface area contributed by atoms with Crippen LogP contribution in [0.2, 0.25) is 0 Å². The van der Waals surface area contributed by atoms with Crippen molar-refractivity contribution in [1.29, 1.82) is 0 Å². The maximum absolute atomic E-state index is 13.4. The summed E-state index contributed by atoms with van der Waals surface area (Å²) in [6, 6.07) is 14.2. The molecule has 1 aliphatic rings. The summed E-state index contributed by atoms with van der Waals surface area (Å²) in [4.78, 5) is 41.5. The number of rotatable bonds is 8. The molecule has 2 aromatic carbocycles. The molecule has 3 aromatic rings. The number of alkyl halides is 3. The van der Waals surface area contributed by atoms with E-state index in [2.05, 4.69) is 15.7 Å². The standard InChI is InChI=1S/C29H33F3N6O3/c1-3-36(4-2)27(40)21-14-16-37(17-15-21)28(41)33-22-9-7-8-20(18-22)19-38-26(39)13-12-25(35-38)34-24-11-6-5-10-23(24)29(30,31)32/h5-13,18,21H,3-4,14-17,19H2,1-2H3,(H,33,41)(H,34,35). The van der Waals surface area contributed by atoms with Crippen molar-refractivity contribution in [1.82, 2.24) is 19.6 Å². The van der Waals surface area contributed by atoms with Crippen molar-refractivity contribution in [3.8, 4) is 0 Å². The highest BCUT2D eigenvalue weighted by atomic mass is 19.4. The van der Waals surface area contributed by atoms with E-state index in [0.717, 1.165) is 10.7 Å². The minimum atomic E-state index is -4.55. The van der Waals surface area contributed by atoms with Gasteiger partial charge in [0.1, 0.15) is 0 Å². The maximum Gasteiger partial charge on any atom is 0.418 e. The number of carbonyl (C=O) groups is 2. The van der Waals surface area contributed by atoms with Gasteiger partial charge < -0.3 is 20.4 Å². The molecule has 41 heavy (non-hydrogen) atoms. The van der Waals surface area contributed by atoms with Gasteiger partial charge >= 0.3 is 12.2 Å². The van der Waals surface area contributed by atoms with Crippen LogP contribution in [-0.4, -0.2) is 57.7 Å². The molecular formula is C29H33F3N6O3. The molecule has 0 saturated carbocycles. The largest absolute Gasteiger partial charge is 0.418 e. The Hall–Kier alpha value is -4.35. The van der Waals surface area contributed by atoms with Crippen molar-refractivity contribution >= 4 is 29.1 Å². The lowest BCUT2D eigenvalue weighted by Crippen LogP contribution is -2.45. The molecule has 1 fully saturated rings. The first-order valence-corrected chi connectivity index (χ1v) is 13.5. The van der Waals surface area contributed by atoms with Crippen LogP contribution in [0.1, 0.15) is 37.8 Å².